The highest BCUT2D eigenvalue weighted by Gasteiger charge is 1.94. The van der Waals surface area contributed by atoms with Crippen LogP contribution in [0.1, 0.15) is 34.1 Å². The van der Waals surface area contributed by atoms with Crippen molar-refractivity contribution in [3.63, 3.8) is 0 Å². The van der Waals surface area contributed by atoms with E-state index in [4.69, 9.17) is 0 Å². The predicted molar refractivity (Wildman–Crippen MR) is 52.6 cm³/mol. The van der Waals surface area contributed by atoms with E-state index in [-0.39, 0.29) is 0 Å². The maximum absolute atomic E-state index is 3.86. The largest absolute Gasteiger partial charge is 0.0961 e. The van der Waals surface area contributed by atoms with E-state index in [1.807, 2.05) is 6.92 Å². The van der Waals surface area contributed by atoms with Crippen LogP contribution in [-0.4, -0.2) is 0 Å². The van der Waals surface area contributed by atoms with E-state index in [0.717, 1.165) is 12.0 Å². The Balaban J connectivity index is 4.53. The molecule has 0 atom stereocenters. The molecule has 0 aromatic rings. The monoisotopic (exact) mass is 150 g/mol. The van der Waals surface area contributed by atoms with Crippen LogP contribution in [0.4, 0.5) is 0 Å². The number of rotatable bonds is 3. The van der Waals surface area contributed by atoms with Gasteiger partial charge in [-0.1, -0.05) is 36.8 Å². The van der Waals surface area contributed by atoms with Gasteiger partial charge in [0.25, 0.3) is 0 Å². The molecule has 0 fully saturated rings. The molecule has 0 aromatic carbocycles. The van der Waals surface area contributed by atoms with E-state index in [2.05, 4.69) is 39.5 Å². The molecule has 0 radical (unpaired) electrons. The zero-order chi connectivity index (χ0) is 8.85. The molecule has 0 N–H and O–H groups in total. The highest BCUT2D eigenvalue weighted by Crippen LogP contribution is 2.14. The van der Waals surface area contributed by atoms with Crippen molar-refractivity contribution in [2.75, 3.05) is 0 Å². The van der Waals surface area contributed by atoms with Gasteiger partial charge in [0, 0.05) is 0 Å². The lowest BCUT2D eigenvalue weighted by Gasteiger charge is -2.03. The fraction of sp³-hybridized carbons (Fsp3) is 0.455. The summed E-state index contributed by atoms with van der Waals surface area (Å²) >= 11 is 0. The molecule has 0 aliphatic rings. The Kier molecular flexibility index (Phi) is 4.60. The van der Waals surface area contributed by atoms with Gasteiger partial charge in [0.1, 0.15) is 0 Å². The van der Waals surface area contributed by atoms with Crippen LogP contribution in [0.25, 0.3) is 0 Å². The van der Waals surface area contributed by atoms with Gasteiger partial charge in [0.05, 0.1) is 0 Å². The summed E-state index contributed by atoms with van der Waals surface area (Å²) in [6.45, 7) is 12.3. The summed E-state index contributed by atoms with van der Waals surface area (Å²) in [4.78, 5) is 0. The Morgan fingerprint density at radius 2 is 1.91 bits per heavy atom. The van der Waals surface area contributed by atoms with Gasteiger partial charge in [-0.15, -0.1) is 0 Å². The van der Waals surface area contributed by atoms with Gasteiger partial charge in [-0.25, -0.2) is 0 Å². The summed E-state index contributed by atoms with van der Waals surface area (Å²) < 4.78 is 0. The Hall–Kier alpha value is -0.780. The van der Waals surface area contributed by atoms with Crippen LogP contribution >= 0.6 is 0 Å². The van der Waals surface area contributed by atoms with Crippen LogP contribution in [0.3, 0.4) is 0 Å². The Bertz CT molecular complexity index is 192. The SMILES string of the molecule is C=C(C)/C=C(CC)\C(C)=C/C. The molecule has 0 saturated heterocycles. The van der Waals surface area contributed by atoms with Crippen molar-refractivity contribution >= 4 is 0 Å². The predicted octanol–water partition coefficient (Wildman–Crippen LogP) is 3.87. The smallest absolute Gasteiger partial charge is 0.0305 e. The average molecular weight is 150 g/mol. The molecule has 0 aromatic heterocycles. The Morgan fingerprint density at radius 3 is 2.18 bits per heavy atom. The topological polar surface area (TPSA) is 0 Å². The third-order valence-electron chi connectivity index (χ3n) is 1.74. The van der Waals surface area contributed by atoms with E-state index < -0.39 is 0 Å². The lowest BCUT2D eigenvalue weighted by Crippen LogP contribution is -1.83. The highest BCUT2D eigenvalue weighted by atomic mass is 14.0. The maximum Gasteiger partial charge on any atom is -0.0305 e. The zero-order valence-corrected chi connectivity index (χ0v) is 8.07. The van der Waals surface area contributed by atoms with E-state index >= 15 is 0 Å². The molecule has 0 heterocycles. The summed E-state index contributed by atoms with van der Waals surface area (Å²) in [5, 5.41) is 0. The molecule has 0 bridgehead atoms. The van der Waals surface area contributed by atoms with Gasteiger partial charge in [0.15, 0.2) is 0 Å². The second-order valence-corrected chi connectivity index (χ2v) is 2.84. The van der Waals surface area contributed by atoms with Crippen molar-refractivity contribution in [3.8, 4) is 0 Å². The molecule has 0 nitrogen and oxygen atoms in total. The highest BCUT2D eigenvalue weighted by molar-refractivity contribution is 5.33. The van der Waals surface area contributed by atoms with Crippen molar-refractivity contribution in [3.05, 3.63) is 35.5 Å². The van der Waals surface area contributed by atoms with Gasteiger partial charge in [-0.3, -0.25) is 0 Å². The van der Waals surface area contributed by atoms with Gasteiger partial charge in [-0.2, -0.15) is 0 Å². The van der Waals surface area contributed by atoms with Crippen molar-refractivity contribution < 1.29 is 0 Å². The molecule has 0 rings (SSSR count). The minimum atomic E-state index is 1.09. The third kappa shape index (κ3) is 3.82. The van der Waals surface area contributed by atoms with Crippen molar-refractivity contribution in [1.29, 1.82) is 0 Å². The summed E-state index contributed by atoms with van der Waals surface area (Å²) in [6.07, 6.45) is 5.37. The molecule has 0 saturated carbocycles. The van der Waals surface area contributed by atoms with E-state index in [9.17, 15) is 0 Å². The number of allylic oxidation sites excluding steroid dienone is 5. The first-order chi connectivity index (χ1) is 5.11. The number of hydrogen-bond donors (Lipinski definition) is 0. The normalized spacial score (nSPS) is 13.5. The summed E-state index contributed by atoms with van der Waals surface area (Å²) in [6, 6.07) is 0. The quantitative estimate of drug-likeness (QED) is 0.536. The van der Waals surface area contributed by atoms with Crippen molar-refractivity contribution in [1.82, 2.24) is 0 Å². The molecule has 0 heteroatoms. The summed E-state index contributed by atoms with van der Waals surface area (Å²) in [5.74, 6) is 0. The molecule has 0 unspecified atom stereocenters. The summed E-state index contributed by atoms with van der Waals surface area (Å²) in [7, 11) is 0. The van der Waals surface area contributed by atoms with Crippen LogP contribution < -0.4 is 0 Å². The maximum atomic E-state index is 3.86. The Morgan fingerprint density at radius 1 is 1.36 bits per heavy atom. The second-order valence-electron chi connectivity index (χ2n) is 2.84. The van der Waals surface area contributed by atoms with E-state index in [1.54, 1.807) is 0 Å². The molecule has 11 heavy (non-hydrogen) atoms. The standard InChI is InChI=1S/C11H18/c1-6-10(5)11(7-2)8-9(3)4/h6,8H,3,7H2,1-2,4-5H3/b10-6-,11-8-. The fourth-order valence-corrected chi connectivity index (χ4v) is 0.978. The molecule has 0 aliphatic heterocycles. The first-order valence-corrected chi connectivity index (χ1v) is 4.11. The van der Waals surface area contributed by atoms with Gasteiger partial charge >= 0.3 is 0 Å². The average Bonchev–Trinajstić information content (AvgIpc) is 1.98. The Labute approximate surface area is 70.3 Å². The molecule has 0 aliphatic carbocycles. The number of hydrogen-bond acceptors (Lipinski definition) is 0. The lowest BCUT2D eigenvalue weighted by molar-refractivity contribution is 1.09. The molecular weight excluding hydrogens is 132 g/mol. The van der Waals surface area contributed by atoms with Crippen molar-refractivity contribution in [2.24, 2.45) is 0 Å². The van der Waals surface area contributed by atoms with E-state index in [1.165, 1.54) is 11.1 Å². The zero-order valence-electron chi connectivity index (χ0n) is 8.07. The van der Waals surface area contributed by atoms with Crippen LogP contribution in [0, 0.1) is 0 Å². The second kappa shape index (κ2) is 4.95. The van der Waals surface area contributed by atoms with Gasteiger partial charge in [0.2, 0.25) is 0 Å². The minimum absolute atomic E-state index is 1.09. The molecule has 0 amide bonds. The van der Waals surface area contributed by atoms with Gasteiger partial charge < -0.3 is 0 Å². The van der Waals surface area contributed by atoms with Crippen molar-refractivity contribution in [2.45, 2.75) is 34.1 Å². The molecule has 62 valence electrons. The summed E-state index contributed by atoms with van der Waals surface area (Å²) in [5.41, 5.74) is 3.87. The van der Waals surface area contributed by atoms with Crippen LogP contribution in [0.15, 0.2) is 35.5 Å². The fourth-order valence-electron chi connectivity index (χ4n) is 0.978. The van der Waals surface area contributed by atoms with Gasteiger partial charge in [-0.05, 0) is 32.8 Å². The lowest BCUT2D eigenvalue weighted by atomic mass is 10.0. The molecule has 0 spiro atoms. The van der Waals surface area contributed by atoms with Crippen LogP contribution in [0.2, 0.25) is 0 Å². The van der Waals surface area contributed by atoms with Crippen LogP contribution in [-0.2, 0) is 0 Å². The van der Waals surface area contributed by atoms with Crippen LogP contribution in [0.5, 0.6) is 0 Å². The first kappa shape index (κ1) is 10.2. The van der Waals surface area contributed by atoms with E-state index in [0.29, 0.717) is 0 Å². The third-order valence-corrected chi connectivity index (χ3v) is 1.74. The minimum Gasteiger partial charge on any atom is -0.0961 e. The molecular formula is C11H18. The first-order valence-electron chi connectivity index (χ1n) is 4.11.